The highest BCUT2D eigenvalue weighted by Crippen LogP contribution is 2.27. The molecular weight excluding hydrogens is 160 g/mol. The van der Waals surface area contributed by atoms with Crippen LogP contribution in [0.1, 0.15) is 20.3 Å². The average Bonchev–Trinajstić information content (AvgIpc) is 1.82. The first-order valence-corrected chi connectivity index (χ1v) is 3.94. The van der Waals surface area contributed by atoms with E-state index in [9.17, 15) is 9.59 Å². The zero-order valence-corrected chi connectivity index (χ0v) is 7.11. The predicted octanol–water partition coefficient (Wildman–Crippen LogP) is 0.659. The summed E-state index contributed by atoms with van der Waals surface area (Å²) >= 11 is 0. The minimum Gasteiger partial charge on any atom is -0.481 e. The molecule has 12 heavy (non-hydrogen) atoms. The maximum Gasteiger partial charge on any atom is 0.310 e. The third-order valence-electron chi connectivity index (χ3n) is 2.21. The van der Waals surface area contributed by atoms with Crippen molar-refractivity contribution >= 4 is 11.9 Å². The lowest BCUT2D eigenvalue weighted by Crippen LogP contribution is -2.40. The number of ether oxygens (including phenoxy) is 1. The van der Waals surface area contributed by atoms with Crippen LogP contribution in [0, 0.1) is 11.8 Å². The topological polar surface area (TPSA) is 63.6 Å². The van der Waals surface area contributed by atoms with E-state index in [4.69, 9.17) is 9.84 Å². The summed E-state index contributed by atoms with van der Waals surface area (Å²) in [5, 5.41) is 8.77. The van der Waals surface area contributed by atoms with Crippen LogP contribution in [0.2, 0.25) is 0 Å². The number of hydrogen-bond donors (Lipinski definition) is 1. The van der Waals surface area contributed by atoms with Gasteiger partial charge in [-0.1, -0.05) is 6.92 Å². The highest BCUT2D eigenvalue weighted by Gasteiger charge is 2.38. The van der Waals surface area contributed by atoms with Crippen LogP contribution in [-0.4, -0.2) is 23.1 Å². The molecule has 0 amide bonds. The maximum atomic E-state index is 10.8. The molecule has 1 fully saturated rings. The van der Waals surface area contributed by atoms with Crippen molar-refractivity contribution in [2.24, 2.45) is 11.8 Å². The van der Waals surface area contributed by atoms with Crippen molar-refractivity contribution in [1.29, 1.82) is 0 Å². The fourth-order valence-electron chi connectivity index (χ4n) is 1.63. The molecule has 0 aromatic rings. The Morgan fingerprint density at radius 1 is 1.58 bits per heavy atom. The fraction of sp³-hybridized carbons (Fsp3) is 0.750. The molecule has 0 aliphatic carbocycles. The minimum atomic E-state index is -0.887. The van der Waals surface area contributed by atoms with E-state index in [-0.39, 0.29) is 18.3 Å². The summed E-state index contributed by atoms with van der Waals surface area (Å²) in [5.74, 6) is -1.86. The van der Waals surface area contributed by atoms with Gasteiger partial charge < -0.3 is 9.84 Å². The van der Waals surface area contributed by atoms with Gasteiger partial charge in [0, 0.05) is 6.42 Å². The van der Waals surface area contributed by atoms with E-state index in [1.807, 2.05) is 0 Å². The Kier molecular flexibility index (Phi) is 2.35. The van der Waals surface area contributed by atoms with Gasteiger partial charge in [0.25, 0.3) is 0 Å². The highest BCUT2D eigenvalue weighted by molar-refractivity contribution is 5.77. The quantitative estimate of drug-likeness (QED) is 0.590. The summed E-state index contributed by atoms with van der Waals surface area (Å²) in [6.45, 7) is 3.38. The first-order chi connectivity index (χ1) is 5.52. The van der Waals surface area contributed by atoms with Crippen molar-refractivity contribution in [2.45, 2.75) is 26.4 Å². The number of carboxylic acid groups (broad SMARTS) is 1. The summed E-state index contributed by atoms with van der Waals surface area (Å²) in [5.41, 5.74) is 0. The molecule has 68 valence electrons. The van der Waals surface area contributed by atoms with Crippen LogP contribution in [0.3, 0.4) is 0 Å². The molecule has 0 saturated carbocycles. The van der Waals surface area contributed by atoms with Crippen LogP contribution in [0.4, 0.5) is 0 Å². The van der Waals surface area contributed by atoms with Gasteiger partial charge in [0.1, 0.15) is 6.10 Å². The zero-order valence-electron chi connectivity index (χ0n) is 7.11. The number of esters is 1. The SMILES string of the molecule is CC1CC(=O)OC(C)C1C(=O)O. The molecule has 4 nitrogen and oxygen atoms in total. The molecule has 3 unspecified atom stereocenters. The van der Waals surface area contributed by atoms with E-state index < -0.39 is 18.0 Å². The van der Waals surface area contributed by atoms with Gasteiger partial charge in [0.15, 0.2) is 0 Å². The number of cyclic esters (lactones) is 1. The molecule has 0 spiro atoms. The van der Waals surface area contributed by atoms with E-state index in [1.54, 1.807) is 13.8 Å². The summed E-state index contributed by atoms with van der Waals surface area (Å²) in [6, 6.07) is 0. The van der Waals surface area contributed by atoms with Crippen LogP contribution < -0.4 is 0 Å². The third kappa shape index (κ3) is 1.57. The van der Waals surface area contributed by atoms with Gasteiger partial charge in [-0.3, -0.25) is 9.59 Å². The summed E-state index contributed by atoms with van der Waals surface area (Å²) < 4.78 is 4.81. The Morgan fingerprint density at radius 2 is 2.17 bits per heavy atom. The lowest BCUT2D eigenvalue weighted by atomic mass is 9.85. The summed E-state index contributed by atoms with van der Waals surface area (Å²) in [4.78, 5) is 21.5. The molecule has 1 aliphatic heterocycles. The van der Waals surface area contributed by atoms with Gasteiger partial charge in [-0.25, -0.2) is 0 Å². The number of carbonyl (C=O) groups excluding carboxylic acids is 1. The van der Waals surface area contributed by atoms with Crippen molar-refractivity contribution in [3.8, 4) is 0 Å². The van der Waals surface area contributed by atoms with Crippen LogP contribution in [-0.2, 0) is 14.3 Å². The Labute approximate surface area is 70.5 Å². The monoisotopic (exact) mass is 172 g/mol. The van der Waals surface area contributed by atoms with Crippen molar-refractivity contribution in [2.75, 3.05) is 0 Å². The van der Waals surface area contributed by atoms with Gasteiger partial charge in [-0.2, -0.15) is 0 Å². The first kappa shape index (κ1) is 9.03. The van der Waals surface area contributed by atoms with E-state index >= 15 is 0 Å². The number of carboxylic acids is 1. The van der Waals surface area contributed by atoms with Crippen molar-refractivity contribution in [1.82, 2.24) is 0 Å². The van der Waals surface area contributed by atoms with Gasteiger partial charge in [0.05, 0.1) is 5.92 Å². The number of rotatable bonds is 1. The van der Waals surface area contributed by atoms with Gasteiger partial charge in [-0.15, -0.1) is 0 Å². The number of aliphatic carboxylic acids is 1. The Balaban J connectivity index is 2.73. The molecule has 1 N–H and O–H groups in total. The lowest BCUT2D eigenvalue weighted by molar-refractivity contribution is -0.169. The fourth-order valence-corrected chi connectivity index (χ4v) is 1.63. The molecule has 4 heteroatoms. The number of hydrogen-bond acceptors (Lipinski definition) is 3. The van der Waals surface area contributed by atoms with E-state index in [0.717, 1.165) is 0 Å². The van der Waals surface area contributed by atoms with Crippen molar-refractivity contribution in [3.63, 3.8) is 0 Å². The molecular formula is C8H12O4. The van der Waals surface area contributed by atoms with Gasteiger partial charge in [-0.05, 0) is 12.8 Å². The molecule has 0 aromatic heterocycles. The largest absolute Gasteiger partial charge is 0.481 e. The van der Waals surface area contributed by atoms with Gasteiger partial charge in [0.2, 0.25) is 0 Å². The van der Waals surface area contributed by atoms with Crippen molar-refractivity contribution in [3.05, 3.63) is 0 Å². The Morgan fingerprint density at radius 3 is 2.58 bits per heavy atom. The van der Waals surface area contributed by atoms with E-state index in [2.05, 4.69) is 0 Å². The molecule has 0 bridgehead atoms. The van der Waals surface area contributed by atoms with Crippen LogP contribution in [0.15, 0.2) is 0 Å². The molecule has 1 heterocycles. The maximum absolute atomic E-state index is 10.8. The second-order valence-corrected chi connectivity index (χ2v) is 3.24. The van der Waals surface area contributed by atoms with Crippen LogP contribution >= 0.6 is 0 Å². The highest BCUT2D eigenvalue weighted by atomic mass is 16.5. The Bertz CT molecular complexity index is 197. The molecule has 1 aliphatic rings. The summed E-state index contributed by atoms with van der Waals surface area (Å²) in [7, 11) is 0. The van der Waals surface area contributed by atoms with Crippen LogP contribution in [0.25, 0.3) is 0 Å². The average molecular weight is 172 g/mol. The molecule has 1 rings (SSSR count). The standard InChI is InChI=1S/C8H12O4/c1-4-3-6(9)12-5(2)7(4)8(10)11/h4-5,7H,3H2,1-2H3,(H,10,11). The van der Waals surface area contributed by atoms with Crippen LogP contribution in [0.5, 0.6) is 0 Å². The third-order valence-corrected chi connectivity index (χ3v) is 2.21. The zero-order chi connectivity index (χ0) is 9.30. The summed E-state index contributed by atoms with van der Waals surface area (Å²) in [6.07, 6.45) is -0.292. The van der Waals surface area contributed by atoms with E-state index in [1.165, 1.54) is 0 Å². The van der Waals surface area contributed by atoms with E-state index in [0.29, 0.717) is 0 Å². The smallest absolute Gasteiger partial charge is 0.310 e. The second kappa shape index (κ2) is 3.13. The van der Waals surface area contributed by atoms with Crippen molar-refractivity contribution < 1.29 is 19.4 Å². The minimum absolute atomic E-state index is 0.126. The number of carbonyl (C=O) groups is 2. The molecule has 0 radical (unpaired) electrons. The molecule has 1 saturated heterocycles. The normalized spacial score (nSPS) is 35.8. The second-order valence-electron chi connectivity index (χ2n) is 3.24. The Hall–Kier alpha value is -1.06. The van der Waals surface area contributed by atoms with Gasteiger partial charge >= 0.3 is 11.9 Å². The predicted molar refractivity (Wildman–Crippen MR) is 40.5 cm³/mol. The first-order valence-electron chi connectivity index (χ1n) is 3.94. The molecule has 3 atom stereocenters. The molecule has 0 aromatic carbocycles. The lowest BCUT2D eigenvalue weighted by Gasteiger charge is -2.30.